The van der Waals surface area contributed by atoms with Crippen LogP contribution >= 0.6 is 12.6 Å². The Morgan fingerprint density at radius 3 is 2.00 bits per heavy atom. The molecule has 1 atom stereocenters. The quantitative estimate of drug-likeness (QED) is 0.503. The van der Waals surface area contributed by atoms with Gasteiger partial charge in [0.25, 0.3) is 0 Å². The number of carbonyl (C=O) groups excluding carboxylic acids is 1. The fraction of sp³-hybridized carbons (Fsp3) is 0.941. The van der Waals surface area contributed by atoms with Crippen LogP contribution < -0.4 is 5.73 Å². The van der Waals surface area contributed by atoms with Crippen molar-refractivity contribution in [3.8, 4) is 0 Å². The van der Waals surface area contributed by atoms with E-state index in [9.17, 15) is 4.79 Å². The summed E-state index contributed by atoms with van der Waals surface area (Å²) in [5.41, 5.74) is 5.13. The van der Waals surface area contributed by atoms with Gasteiger partial charge < -0.3 is 15.4 Å². The number of thiol groups is 1. The first-order valence-corrected chi connectivity index (χ1v) is 8.55. The Morgan fingerprint density at radius 2 is 1.55 bits per heavy atom. The normalized spacial score (nSPS) is 15.7. The van der Waals surface area contributed by atoms with Crippen LogP contribution in [0.3, 0.4) is 0 Å². The van der Waals surface area contributed by atoms with E-state index in [0.29, 0.717) is 12.0 Å². The Bertz CT molecular complexity index is 344. The molecule has 0 saturated carbocycles. The van der Waals surface area contributed by atoms with Gasteiger partial charge >= 0.3 is 5.97 Å². The summed E-state index contributed by atoms with van der Waals surface area (Å²) in [6.07, 6.45) is 2.86. The minimum absolute atomic E-state index is 0.144. The molecule has 22 heavy (non-hydrogen) atoms. The van der Waals surface area contributed by atoms with Crippen LogP contribution in [0.4, 0.5) is 0 Å². The van der Waals surface area contributed by atoms with Gasteiger partial charge in [-0.15, -0.1) is 0 Å². The second-order valence-electron chi connectivity index (χ2n) is 8.47. The van der Waals surface area contributed by atoms with Gasteiger partial charge in [0, 0.05) is 4.75 Å². The minimum Gasteiger partial charge on any atom is -0.464 e. The van der Waals surface area contributed by atoms with Crippen molar-refractivity contribution in [1.29, 1.82) is 0 Å². The van der Waals surface area contributed by atoms with E-state index < -0.39 is 5.54 Å². The van der Waals surface area contributed by atoms with E-state index in [2.05, 4.69) is 39.6 Å². The van der Waals surface area contributed by atoms with E-state index in [0.717, 1.165) is 25.9 Å². The molecule has 0 fully saturated rings. The van der Waals surface area contributed by atoms with Gasteiger partial charge in [0.15, 0.2) is 0 Å². The van der Waals surface area contributed by atoms with Crippen LogP contribution in [0.2, 0.25) is 0 Å². The predicted octanol–water partition coefficient (Wildman–Crippen LogP) is 3.10. The summed E-state index contributed by atoms with van der Waals surface area (Å²) in [5, 5.41) is 0. The van der Waals surface area contributed by atoms with E-state index in [1.165, 1.54) is 6.42 Å². The van der Waals surface area contributed by atoms with Gasteiger partial charge in [-0.05, 0) is 58.7 Å². The maximum atomic E-state index is 11.6. The summed E-state index contributed by atoms with van der Waals surface area (Å²) in [5.74, 6) is -0.362. The van der Waals surface area contributed by atoms with Crippen molar-refractivity contribution in [3.63, 3.8) is 0 Å². The van der Waals surface area contributed by atoms with Crippen molar-refractivity contribution >= 4 is 18.6 Å². The average Bonchev–Trinajstić information content (AvgIpc) is 2.31. The Balaban J connectivity index is 4.02. The highest BCUT2D eigenvalue weighted by Crippen LogP contribution is 2.24. The van der Waals surface area contributed by atoms with Gasteiger partial charge in [-0.25, -0.2) is 0 Å². The zero-order valence-corrected chi connectivity index (χ0v) is 16.4. The smallest absolute Gasteiger partial charge is 0.325 e. The van der Waals surface area contributed by atoms with Crippen molar-refractivity contribution in [1.82, 2.24) is 4.90 Å². The molecule has 0 aliphatic carbocycles. The number of rotatable bonds is 9. The zero-order valence-electron chi connectivity index (χ0n) is 15.5. The van der Waals surface area contributed by atoms with Crippen LogP contribution in [-0.4, -0.2) is 47.9 Å². The highest BCUT2D eigenvalue weighted by atomic mass is 32.1. The van der Waals surface area contributed by atoms with Crippen LogP contribution in [0.5, 0.6) is 0 Å². The lowest BCUT2D eigenvalue weighted by molar-refractivity contribution is -0.149. The lowest BCUT2D eigenvalue weighted by Gasteiger charge is -2.28. The number of nitrogens with zero attached hydrogens (tertiary/aromatic N) is 1. The average molecular weight is 333 g/mol. The second kappa shape index (κ2) is 8.55. The number of esters is 1. The van der Waals surface area contributed by atoms with Crippen molar-refractivity contribution in [2.75, 3.05) is 26.7 Å². The summed E-state index contributed by atoms with van der Waals surface area (Å²) in [6.45, 7) is 14.6. The molecule has 5 heteroatoms. The Hall–Kier alpha value is -0.260. The molecule has 4 nitrogen and oxygen atoms in total. The zero-order chi connectivity index (χ0) is 17.6. The molecule has 0 radical (unpaired) electrons. The van der Waals surface area contributed by atoms with Gasteiger partial charge in [-0.3, -0.25) is 4.79 Å². The summed E-state index contributed by atoms with van der Waals surface area (Å²) in [4.78, 5) is 14.0. The fourth-order valence-corrected chi connectivity index (χ4v) is 1.94. The molecule has 2 N–H and O–H groups in total. The van der Waals surface area contributed by atoms with Crippen molar-refractivity contribution in [2.24, 2.45) is 11.1 Å². The molecule has 0 bridgehead atoms. The molecule has 0 rings (SSSR count). The molecule has 0 aliphatic rings. The molecule has 0 aromatic heterocycles. The Morgan fingerprint density at radius 1 is 1.05 bits per heavy atom. The second-order valence-corrected chi connectivity index (χ2v) is 9.55. The monoisotopic (exact) mass is 332 g/mol. The van der Waals surface area contributed by atoms with E-state index >= 15 is 0 Å². The van der Waals surface area contributed by atoms with Crippen molar-refractivity contribution in [2.45, 2.75) is 71.1 Å². The fourth-order valence-electron chi connectivity index (χ4n) is 1.74. The Kier molecular flexibility index (Phi) is 8.45. The highest BCUT2D eigenvalue weighted by molar-refractivity contribution is 7.81. The van der Waals surface area contributed by atoms with Crippen LogP contribution in [0.25, 0.3) is 0 Å². The van der Waals surface area contributed by atoms with Crippen molar-refractivity contribution < 1.29 is 9.53 Å². The Labute approximate surface area is 142 Å². The first-order valence-electron chi connectivity index (χ1n) is 8.10. The number of hydrogen-bond acceptors (Lipinski definition) is 5. The molecular formula is C17H36N2O2S. The summed E-state index contributed by atoms with van der Waals surface area (Å²) in [6, 6.07) is 0. The minimum atomic E-state index is -0.930. The number of ether oxygens (including phenoxy) is 1. The third kappa shape index (κ3) is 11.3. The van der Waals surface area contributed by atoms with Gasteiger partial charge in [0.2, 0.25) is 0 Å². The first-order chi connectivity index (χ1) is 9.73. The van der Waals surface area contributed by atoms with Gasteiger partial charge in [0.1, 0.15) is 5.54 Å². The molecule has 1 unspecified atom stereocenters. The van der Waals surface area contributed by atoms with E-state index in [1.807, 2.05) is 0 Å². The number of nitrogens with two attached hydrogens (primary N) is 1. The lowest BCUT2D eigenvalue weighted by atomic mass is 9.92. The first kappa shape index (κ1) is 21.7. The number of hydrogen-bond donors (Lipinski definition) is 2. The highest BCUT2D eigenvalue weighted by Gasteiger charge is 2.25. The topological polar surface area (TPSA) is 55.6 Å². The molecule has 0 aromatic carbocycles. The van der Waals surface area contributed by atoms with E-state index in [-0.39, 0.29) is 10.7 Å². The van der Waals surface area contributed by atoms with Crippen LogP contribution in [0.15, 0.2) is 0 Å². The molecule has 0 heterocycles. The number of carbonyl (C=O) groups is 1. The van der Waals surface area contributed by atoms with Crippen molar-refractivity contribution in [3.05, 3.63) is 0 Å². The van der Waals surface area contributed by atoms with Gasteiger partial charge in [-0.1, -0.05) is 27.7 Å². The molecule has 0 aromatic rings. The van der Waals surface area contributed by atoms with E-state index in [4.69, 9.17) is 23.1 Å². The van der Waals surface area contributed by atoms with E-state index in [1.54, 1.807) is 13.8 Å². The molecule has 0 spiro atoms. The molecular weight excluding hydrogens is 296 g/mol. The molecule has 0 saturated heterocycles. The summed E-state index contributed by atoms with van der Waals surface area (Å²) in [7, 11) is 2.15. The molecule has 0 aliphatic heterocycles. The maximum absolute atomic E-state index is 11.6. The van der Waals surface area contributed by atoms with Crippen LogP contribution in [0.1, 0.15) is 60.8 Å². The van der Waals surface area contributed by atoms with Gasteiger partial charge in [0.05, 0.1) is 6.61 Å². The van der Waals surface area contributed by atoms with Crippen LogP contribution in [0, 0.1) is 5.41 Å². The predicted molar refractivity (Wildman–Crippen MR) is 97.4 cm³/mol. The third-order valence-electron chi connectivity index (χ3n) is 3.68. The summed E-state index contributed by atoms with van der Waals surface area (Å²) >= 11 is 4.71. The largest absolute Gasteiger partial charge is 0.464 e. The SMILES string of the molecule is CN(CCC(C)(C)C)CCC(C)(S)CCOC(=O)C(C)(C)N. The summed E-state index contributed by atoms with van der Waals surface area (Å²) < 4.78 is 5.07. The lowest BCUT2D eigenvalue weighted by Crippen LogP contribution is -2.43. The third-order valence-corrected chi connectivity index (χ3v) is 4.12. The maximum Gasteiger partial charge on any atom is 0.325 e. The standard InChI is InChI=1S/C17H36N2O2S/c1-15(2,3)8-11-19(7)12-9-17(6,22)10-13-21-14(20)16(4,5)18/h22H,8-13,18H2,1-7H3. The van der Waals surface area contributed by atoms with Gasteiger partial charge in [-0.2, -0.15) is 12.6 Å². The van der Waals surface area contributed by atoms with Crippen LogP contribution in [-0.2, 0) is 9.53 Å². The molecule has 132 valence electrons. The molecule has 0 amide bonds.